The number of carbonyl (C=O) groups excluding carboxylic acids is 1. The molecule has 0 atom stereocenters. The van der Waals surface area contributed by atoms with Crippen molar-refractivity contribution in [2.24, 2.45) is 0 Å². The van der Waals surface area contributed by atoms with Gasteiger partial charge in [-0.15, -0.1) is 10.2 Å². The SMILES string of the molecule is CCc1cccc(CC)c1-n1c(SCc2ccc(C(=O)OC)cc2)nnc1-c1cccnc1. The van der Waals surface area contributed by atoms with Gasteiger partial charge in [-0.25, -0.2) is 4.79 Å². The zero-order valence-corrected chi connectivity index (χ0v) is 19.8. The van der Waals surface area contributed by atoms with Crippen LogP contribution in [0, 0.1) is 0 Å². The average Bonchev–Trinajstić information content (AvgIpc) is 3.30. The maximum absolute atomic E-state index is 11.7. The van der Waals surface area contributed by atoms with Crippen molar-refractivity contribution in [2.45, 2.75) is 37.6 Å². The molecular weight excluding hydrogens is 432 g/mol. The molecule has 0 fully saturated rings. The highest BCUT2D eigenvalue weighted by molar-refractivity contribution is 7.98. The van der Waals surface area contributed by atoms with Crippen molar-refractivity contribution in [1.29, 1.82) is 0 Å². The summed E-state index contributed by atoms with van der Waals surface area (Å²) < 4.78 is 6.96. The maximum atomic E-state index is 11.7. The first-order valence-electron chi connectivity index (χ1n) is 10.9. The molecule has 2 heterocycles. The molecule has 168 valence electrons. The van der Waals surface area contributed by atoms with Gasteiger partial charge in [0.1, 0.15) is 0 Å². The van der Waals surface area contributed by atoms with Gasteiger partial charge in [0.05, 0.1) is 18.4 Å². The van der Waals surface area contributed by atoms with E-state index in [1.165, 1.54) is 18.2 Å². The molecule has 0 saturated heterocycles. The third-order valence-corrected chi connectivity index (χ3v) is 6.48. The maximum Gasteiger partial charge on any atom is 0.337 e. The topological polar surface area (TPSA) is 69.9 Å². The van der Waals surface area contributed by atoms with Gasteiger partial charge in [-0.05, 0) is 53.8 Å². The van der Waals surface area contributed by atoms with E-state index in [4.69, 9.17) is 4.74 Å². The van der Waals surface area contributed by atoms with Gasteiger partial charge in [-0.1, -0.05) is 55.9 Å². The summed E-state index contributed by atoms with van der Waals surface area (Å²) in [6, 6.07) is 17.8. The van der Waals surface area contributed by atoms with E-state index in [0.717, 1.165) is 40.6 Å². The Labute approximate surface area is 198 Å². The Morgan fingerprint density at radius 1 is 0.970 bits per heavy atom. The van der Waals surface area contributed by atoms with Crippen LogP contribution in [-0.4, -0.2) is 32.8 Å². The van der Waals surface area contributed by atoms with Crippen molar-refractivity contribution >= 4 is 17.7 Å². The second-order valence-corrected chi connectivity index (χ2v) is 8.43. The zero-order chi connectivity index (χ0) is 23.2. The standard InChI is InChI=1S/C26H26N4O2S/c1-4-19-8-6-9-20(5-2)23(19)30-24(22-10-7-15-27-16-22)28-29-26(30)33-17-18-11-13-21(14-12-18)25(31)32-3/h6-16H,4-5,17H2,1-3H3. The minimum Gasteiger partial charge on any atom is -0.465 e. The number of pyridine rings is 1. The van der Waals surface area contributed by atoms with Crippen LogP contribution in [0.4, 0.5) is 0 Å². The molecule has 7 heteroatoms. The second-order valence-electron chi connectivity index (χ2n) is 7.49. The van der Waals surface area contributed by atoms with Gasteiger partial charge in [0.25, 0.3) is 0 Å². The molecule has 4 rings (SSSR count). The Bertz CT molecular complexity index is 1210. The minimum atomic E-state index is -0.335. The number of hydrogen-bond acceptors (Lipinski definition) is 6. The van der Waals surface area contributed by atoms with E-state index in [9.17, 15) is 4.79 Å². The highest BCUT2D eigenvalue weighted by Gasteiger charge is 2.20. The summed E-state index contributed by atoms with van der Waals surface area (Å²) in [5.41, 5.74) is 6.21. The number of aryl methyl sites for hydroxylation is 2. The molecule has 0 aliphatic rings. The van der Waals surface area contributed by atoms with E-state index in [1.54, 1.807) is 30.1 Å². The highest BCUT2D eigenvalue weighted by atomic mass is 32.2. The monoisotopic (exact) mass is 458 g/mol. The fourth-order valence-corrected chi connectivity index (χ4v) is 4.65. The van der Waals surface area contributed by atoms with Crippen LogP contribution in [0.1, 0.15) is 40.9 Å². The summed E-state index contributed by atoms with van der Waals surface area (Å²) in [4.78, 5) is 16.0. The van der Waals surface area contributed by atoms with Crippen molar-refractivity contribution in [3.63, 3.8) is 0 Å². The second kappa shape index (κ2) is 10.4. The summed E-state index contributed by atoms with van der Waals surface area (Å²) in [7, 11) is 1.39. The number of ether oxygens (including phenoxy) is 1. The van der Waals surface area contributed by atoms with Crippen LogP contribution in [0.15, 0.2) is 72.1 Å². The quantitative estimate of drug-likeness (QED) is 0.255. The fourth-order valence-electron chi connectivity index (χ4n) is 3.75. The first kappa shape index (κ1) is 22.7. The number of rotatable bonds is 8. The molecule has 0 saturated carbocycles. The summed E-state index contributed by atoms with van der Waals surface area (Å²) in [5.74, 6) is 1.14. The molecular formula is C26H26N4O2S. The number of thioether (sulfide) groups is 1. The van der Waals surface area contributed by atoms with E-state index in [2.05, 4.69) is 51.8 Å². The van der Waals surface area contributed by atoms with Crippen LogP contribution in [-0.2, 0) is 23.3 Å². The molecule has 0 spiro atoms. The summed E-state index contributed by atoms with van der Waals surface area (Å²) in [5, 5.41) is 9.95. The van der Waals surface area contributed by atoms with E-state index in [-0.39, 0.29) is 5.97 Å². The largest absolute Gasteiger partial charge is 0.465 e. The van der Waals surface area contributed by atoms with Gasteiger partial charge in [0, 0.05) is 23.7 Å². The van der Waals surface area contributed by atoms with Crippen LogP contribution in [0.5, 0.6) is 0 Å². The Balaban J connectivity index is 1.74. The molecule has 0 radical (unpaired) electrons. The van der Waals surface area contributed by atoms with Crippen LogP contribution < -0.4 is 0 Å². The molecule has 0 aliphatic heterocycles. The Kier molecular flexibility index (Phi) is 7.19. The Hall–Kier alpha value is -3.45. The molecule has 0 amide bonds. The van der Waals surface area contributed by atoms with Gasteiger partial charge >= 0.3 is 5.97 Å². The van der Waals surface area contributed by atoms with Crippen LogP contribution in [0.25, 0.3) is 17.1 Å². The lowest BCUT2D eigenvalue weighted by Gasteiger charge is -2.18. The van der Waals surface area contributed by atoms with Crippen molar-refractivity contribution in [2.75, 3.05) is 7.11 Å². The van der Waals surface area contributed by atoms with Gasteiger partial charge in [0.2, 0.25) is 0 Å². The van der Waals surface area contributed by atoms with E-state index >= 15 is 0 Å². The molecule has 0 bridgehead atoms. The third kappa shape index (κ3) is 4.83. The molecule has 2 aromatic heterocycles. The predicted octanol–water partition coefficient (Wildman–Crippen LogP) is 5.53. The summed E-state index contributed by atoms with van der Waals surface area (Å²) in [6.07, 6.45) is 5.40. The zero-order valence-electron chi connectivity index (χ0n) is 19.0. The highest BCUT2D eigenvalue weighted by Crippen LogP contribution is 2.33. The van der Waals surface area contributed by atoms with Crippen molar-refractivity contribution in [3.05, 3.63) is 89.2 Å². The van der Waals surface area contributed by atoms with E-state index in [1.807, 2.05) is 30.5 Å². The number of methoxy groups -OCH3 is 1. The first-order valence-corrected chi connectivity index (χ1v) is 11.9. The lowest BCUT2D eigenvalue weighted by molar-refractivity contribution is 0.0600. The van der Waals surface area contributed by atoms with Gasteiger partial charge in [0.15, 0.2) is 11.0 Å². The first-order chi connectivity index (χ1) is 16.2. The molecule has 6 nitrogen and oxygen atoms in total. The van der Waals surface area contributed by atoms with Crippen LogP contribution in [0.3, 0.4) is 0 Å². The Morgan fingerprint density at radius 2 is 1.70 bits per heavy atom. The van der Waals surface area contributed by atoms with Crippen molar-refractivity contribution in [1.82, 2.24) is 19.7 Å². The van der Waals surface area contributed by atoms with Gasteiger partial charge in [-0.3, -0.25) is 9.55 Å². The van der Waals surface area contributed by atoms with Gasteiger partial charge in [-0.2, -0.15) is 0 Å². The lowest BCUT2D eigenvalue weighted by Crippen LogP contribution is -2.07. The van der Waals surface area contributed by atoms with Crippen LogP contribution >= 0.6 is 11.8 Å². The fraction of sp³-hybridized carbons (Fsp3) is 0.231. The molecule has 2 aromatic carbocycles. The van der Waals surface area contributed by atoms with Crippen molar-refractivity contribution < 1.29 is 9.53 Å². The molecule has 4 aromatic rings. The number of nitrogens with zero attached hydrogens (tertiary/aromatic N) is 4. The number of para-hydroxylation sites is 1. The minimum absolute atomic E-state index is 0.335. The number of hydrogen-bond donors (Lipinski definition) is 0. The van der Waals surface area contributed by atoms with Crippen LogP contribution in [0.2, 0.25) is 0 Å². The average molecular weight is 459 g/mol. The Morgan fingerprint density at radius 3 is 2.30 bits per heavy atom. The molecule has 0 aliphatic carbocycles. The third-order valence-electron chi connectivity index (χ3n) is 5.48. The van der Waals surface area contributed by atoms with E-state index < -0.39 is 0 Å². The van der Waals surface area contributed by atoms with Crippen molar-refractivity contribution in [3.8, 4) is 17.1 Å². The number of carbonyl (C=O) groups is 1. The predicted molar refractivity (Wildman–Crippen MR) is 131 cm³/mol. The summed E-state index contributed by atoms with van der Waals surface area (Å²) >= 11 is 1.62. The molecule has 0 unspecified atom stereocenters. The molecule has 33 heavy (non-hydrogen) atoms. The number of benzene rings is 2. The lowest BCUT2D eigenvalue weighted by atomic mass is 10.0. The summed E-state index contributed by atoms with van der Waals surface area (Å²) in [6.45, 7) is 4.34. The number of esters is 1. The van der Waals surface area contributed by atoms with Gasteiger partial charge < -0.3 is 4.74 Å². The molecule has 0 N–H and O–H groups in total. The van der Waals surface area contributed by atoms with E-state index in [0.29, 0.717) is 11.3 Å². The number of aromatic nitrogens is 4. The normalized spacial score (nSPS) is 10.9. The smallest absolute Gasteiger partial charge is 0.337 e.